The molecule has 2 heterocycles. The SMILES string of the molecule is O=C(Nc1ccc(Oc2ccc(Cl)cc2)cc1)N1CC(c2ccc3c(c2)OCCO3)=C(c2ccc(Cl)cc2)N1. The number of nitrogens with zero attached hydrogens (tertiary/aromatic N) is 1. The lowest BCUT2D eigenvalue weighted by Crippen LogP contribution is -2.40. The number of hydrazine groups is 1. The summed E-state index contributed by atoms with van der Waals surface area (Å²) < 4.78 is 17.3. The van der Waals surface area contributed by atoms with Crippen molar-refractivity contribution in [2.75, 3.05) is 25.1 Å². The van der Waals surface area contributed by atoms with Gasteiger partial charge in [0.1, 0.15) is 24.7 Å². The molecule has 0 radical (unpaired) electrons. The summed E-state index contributed by atoms with van der Waals surface area (Å²) in [5, 5.41) is 5.76. The van der Waals surface area contributed by atoms with Gasteiger partial charge in [-0.1, -0.05) is 41.4 Å². The van der Waals surface area contributed by atoms with Crippen molar-refractivity contribution in [3.05, 3.63) is 112 Å². The first kappa shape index (κ1) is 25.0. The van der Waals surface area contributed by atoms with Crippen LogP contribution in [0, 0.1) is 0 Å². The van der Waals surface area contributed by atoms with Crippen molar-refractivity contribution in [3.63, 3.8) is 0 Å². The lowest BCUT2D eigenvalue weighted by atomic mass is 10.00. The average Bonchev–Trinajstić information content (AvgIpc) is 3.41. The summed E-state index contributed by atoms with van der Waals surface area (Å²) in [6.45, 7) is 1.35. The van der Waals surface area contributed by atoms with Crippen molar-refractivity contribution < 1.29 is 19.0 Å². The normalized spacial score (nSPS) is 14.2. The number of amides is 2. The number of anilines is 1. The van der Waals surface area contributed by atoms with Crippen LogP contribution in [0.2, 0.25) is 10.0 Å². The maximum Gasteiger partial charge on any atom is 0.340 e. The van der Waals surface area contributed by atoms with Crippen molar-refractivity contribution in [2.45, 2.75) is 0 Å². The van der Waals surface area contributed by atoms with Crippen LogP contribution in [0.5, 0.6) is 23.0 Å². The van der Waals surface area contributed by atoms with Gasteiger partial charge in [0, 0.05) is 21.3 Å². The molecule has 0 aromatic heterocycles. The fourth-order valence-electron chi connectivity index (χ4n) is 4.36. The Morgan fingerprint density at radius 1 is 0.769 bits per heavy atom. The number of hydrogen-bond donors (Lipinski definition) is 2. The van der Waals surface area contributed by atoms with Crippen LogP contribution < -0.4 is 25.0 Å². The monoisotopic (exact) mass is 559 g/mol. The zero-order valence-electron chi connectivity index (χ0n) is 20.6. The first-order valence-electron chi connectivity index (χ1n) is 12.3. The number of benzene rings is 4. The van der Waals surface area contributed by atoms with Crippen molar-refractivity contribution >= 4 is 46.2 Å². The predicted molar refractivity (Wildman–Crippen MR) is 153 cm³/mol. The molecule has 2 aliphatic heterocycles. The van der Waals surface area contributed by atoms with Crippen LogP contribution in [0.4, 0.5) is 10.5 Å². The quantitative estimate of drug-likeness (QED) is 0.265. The van der Waals surface area contributed by atoms with E-state index in [1.54, 1.807) is 48.5 Å². The highest BCUT2D eigenvalue weighted by molar-refractivity contribution is 6.30. The van der Waals surface area contributed by atoms with Gasteiger partial charge in [0.25, 0.3) is 0 Å². The molecule has 2 N–H and O–H groups in total. The highest BCUT2D eigenvalue weighted by Crippen LogP contribution is 2.37. The molecule has 0 saturated heterocycles. The first-order valence-corrected chi connectivity index (χ1v) is 13.1. The Bertz CT molecular complexity index is 1540. The number of urea groups is 1. The first-order chi connectivity index (χ1) is 19.0. The van der Waals surface area contributed by atoms with E-state index in [9.17, 15) is 4.79 Å². The summed E-state index contributed by atoms with van der Waals surface area (Å²) in [5.41, 5.74) is 7.49. The van der Waals surface area contributed by atoms with Gasteiger partial charge >= 0.3 is 6.03 Å². The second-order valence-electron chi connectivity index (χ2n) is 8.93. The van der Waals surface area contributed by atoms with E-state index >= 15 is 0 Å². The van der Waals surface area contributed by atoms with Gasteiger partial charge in [-0.05, 0) is 83.9 Å². The molecule has 0 aliphatic carbocycles. The minimum Gasteiger partial charge on any atom is -0.486 e. The second-order valence-corrected chi connectivity index (χ2v) is 9.80. The third kappa shape index (κ3) is 5.60. The van der Waals surface area contributed by atoms with Gasteiger partial charge in [-0.2, -0.15) is 0 Å². The number of nitrogens with one attached hydrogen (secondary N) is 2. The zero-order chi connectivity index (χ0) is 26.8. The summed E-state index contributed by atoms with van der Waals surface area (Å²) in [7, 11) is 0. The number of fused-ring (bicyclic) bond motifs is 1. The number of rotatable bonds is 5. The van der Waals surface area contributed by atoms with Crippen LogP contribution in [0.3, 0.4) is 0 Å². The van der Waals surface area contributed by atoms with E-state index in [4.69, 9.17) is 37.4 Å². The Balaban J connectivity index is 1.20. The maximum absolute atomic E-state index is 13.3. The van der Waals surface area contributed by atoms with E-state index in [-0.39, 0.29) is 6.03 Å². The van der Waals surface area contributed by atoms with E-state index in [1.807, 2.05) is 42.5 Å². The van der Waals surface area contributed by atoms with Crippen LogP contribution >= 0.6 is 23.2 Å². The molecule has 2 amide bonds. The van der Waals surface area contributed by atoms with E-state index in [2.05, 4.69) is 10.7 Å². The number of hydrogen-bond acceptors (Lipinski definition) is 5. The lowest BCUT2D eigenvalue weighted by Gasteiger charge is -2.20. The van der Waals surface area contributed by atoms with Gasteiger partial charge in [-0.15, -0.1) is 0 Å². The standard InChI is InChI=1S/C30H23Cl2N3O4/c31-21-4-1-19(2-5-21)29-26(20-3-14-27-28(17-20)38-16-15-37-27)18-35(34-29)30(36)33-23-8-12-25(13-9-23)39-24-10-6-22(32)7-11-24/h1-14,17,34H,15-16,18H2,(H,33,36). The molecule has 0 unspecified atom stereocenters. The summed E-state index contributed by atoms with van der Waals surface area (Å²) >= 11 is 12.1. The molecule has 9 heteroatoms. The molecule has 7 nitrogen and oxygen atoms in total. The zero-order valence-corrected chi connectivity index (χ0v) is 22.1. The predicted octanol–water partition coefficient (Wildman–Crippen LogP) is 7.48. The van der Waals surface area contributed by atoms with E-state index in [0.717, 1.165) is 22.4 Å². The topological polar surface area (TPSA) is 72.1 Å². The van der Waals surface area contributed by atoms with Crippen molar-refractivity contribution in [1.29, 1.82) is 0 Å². The summed E-state index contributed by atoms with van der Waals surface area (Å²) in [6.07, 6.45) is 0. The number of carbonyl (C=O) groups is 1. The number of ether oxygens (including phenoxy) is 3. The maximum atomic E-state index is 13.3. The van der Waals surface area contributed by atoms with Crippen LogP contribution in [0.15, 0.2) is 91.0 Å². The fraction of sp³-hybridized carbons (Fsp3) is 0.100. The Morgan fingerprint density at radius 3 is 2.05 bits per heavy atom. The van der Waals surface area contributed by atoms with Gasteiger partial charge in [-0.3, -0.25) is 5.43 Å². The third-order valence-electron chi connectivity index (χ3n) is 6.29. The molecule has 6 rings (SSSR count). The molecule has 0 fully saturated rings. The Hall–Kier alpha value is -4.33. The van der Waals surface area contributed by atoms with Gasteiger partial charge in [0.2, 0.25) is 0 Å². The van der Waals surface area contributed by atoms with E-state index in [1.165, 1.54) is 5.01 Å². The van der Waals surface area contributed by atoms with Crippen LogP contribution in [0.1, 0.15) is 11.1 Å². The number of halogens is 2. The molecule has 0 atom stereocenters. The summed E-state index contributed by atoms with van der Waals surface area (Å²) in [5.74, 6) is 2.71. The Kier molecular flexibility index (Phi) is 6.92. The highest BCUT2D eigenvalue weighted by Gasteiger charge is 2.28. The molecular weight excluding hydrogens is 537 g/mol. The van der Waals surface area contributed by atoms with Crippen molar-refractivity contribution in [2.24, 2.45) is 0 Å². The summed E-state index contributed by atoms with van der Waals surface area (Å²) in [6, 6.07) is 27.3. The van der Waals surface area contributed by atoms with Crippen LogP contribution in [-0.4, -0.2) is 30.8 Å². The fourth-order valence-corrected chi connectivity index (χ4v) is 4.61. The molecule has 4 aromatic rings. The lowest BCUT2D eigenvalue weighted by molar-refractivity contribution is 0.171. The molecule has 0 bridgehead atoms. The minimum atomic E-state index is -0.305. The van der Waals surface area contributed by atoms with Crippen molar-refractivity contribution in [3.8, 4) is 23.0 Å². The third-order valence-corrected chi connectivity index (χ3v) is 6.79. The van der Waals surface area contributed by atoms with Gasteiger partial charge in [0.15, 0.2) is 11.5 Å². The van der Waals surface area contributed by atoms with Gasteiger partial charge < -0.3 is 19.5 Å². The molecule has 4 aromatic carbocycles. The largest absolute Gasteiger partial charge is 0.486 e. The van der Waals surface area contributed by atoms with Gasteiger partial charge in [-0.25, -0.2) is 9.80 Å². The molecule has 2 aliphatic rings. The van der Waals surface area contributed by atoms with Crippen LogP contribution in [-0.2, 0) is 0 Å². The smallest absolute Gasteiger partial charge is 0.340 e. The Labute approximate surface area is 235 Å². The molecule has 0 saturated carbocycles. The number of carbonyl (C=O) groups excluding carboxylic acids is 1. The minimum absolute atomic E-state index is 0.305. The van der Waals surface area contributed by atoms with Crippen molar-refractivity contribution in [1.82, 2.24) is 10.4 Å². The molecule has 39 heavy (non-hydrogen) atoms. The van der Waals surface area contributed by atoms with E-state index < -0.39 is 0 Å². The molecule has 0 spiro atoms. The molecular formula is C30H23Cl2N3O4. The molecule has 196 valence electrons. The summed E-state index contributed by atoms with van der Waals surface area (Å²) in [4.78, 5) is 13.3. The average molecular weight is 560 g/mol. The second kappa shape index (κ2) is 10.8. The Morgan fingerprint density at radius 2 is 1.36 bits per heavy atom. The van der Waals surface area contributed by atoms with E-state index in [0.29, 0.717) is 58.5 Å². The van der Waals surface area contributed by atoms with Gasteiger partial charge in [0.05, 0.1) is 12.2 Å². The van der Waals surface area contributed by atoms with Crippen LogP contribution in [0.25, 0.3) is 11.3 Å². The highest BCUT2D eigenvalue weighted by atomic mass is 35.5.